The number of hydrogen-bond donors (Lipinski definition) is 4. The van der Waals surface area contributed by atoms with Crippen molar-refractivity contribution in [1.29, 1.82) is 0 Å². The van der Waals surface area contributed by atoms with Gasteiger partial charge in [-0.15, -0.1) is 0 Å². The summed E-state index contributed by atoms with van der Waals surface area (Å²) < 4.78 is 0. The van der Waals surface area contributed by atoms with Crippen molar-refractivity contribution in [2.75, 3.05) is 18.4 Å². The van der Waals surface area contributed by atoms with Gasteiger partial charge in [0.25, 0.3) is 0 Å². The number of anilines is 1. The number of aromatic hydroxyl groups is 1. The molecule has 1 atom stereocenters. The molecule has 0 radical (unpaired) electrons. The molecule has 4 N–H and O–H groups in total. The lowest BCUT2D eigenvalue weighted by Crippen LogP contribution is -2.33. The van der Waals surface area contributed by atoms with Gasteiger partial charge < -0.3 is 20.8 Å². The Bertz CT molecular complexity index is 871. The normalized spacial score (nSPS) is 16.5. The van der Waals surface area contributed by atoms with Gasteiger partial charge in [0, 0.05) is 24.7 Å². The maximum Gasteiger partial charge on any atom is 0.139 e. The number of benzene rings is 2. The van der Waals surface area contributed by atoms with Crippen LogP contribution in [0.15, 0.2) is 30.3 Å². The molecule has 0 saturated carbocycles. The molecular formula is C24H30N2O2. The van der Waals surface area contributed by atoms with E-state index >= 15 is 0 Å². The summed E-state index contributed by atoms with van der Waals surface area (Å²) in [5, 5.41) is 27.6. The third kappa shape index (κ3) is 3.54. The summed E-state index contributed by atoms with van der Waals surface area (Å²) in [6.07, 6.45) is 7.59. The molecule has 1 heterocycles. The lowest BCUT2D eigenvalue weighted by atomic mass is 9.97. The van der Waals surface area contributed by atoms with Crippen LogP contribution in [-0.4, -0.2) is 29.3 Å². The molecule has 1 aliphatic heterocycles. The Kier molecular flexibility index (Phi) is 5.42. The van der Waals surface area contributed by atoms with Crippen LogP contribution in [0.1, 0.15) is 53.3 Å². The van der Waals surface area contributed by atoms with Gasteiger partial charge in [-0.3, -0.25) is 0 Å². The second-order valence-electron chi connectivity index (χ2n) is 7.87. The number of rotatable bonds is 6. The molecule has 0 aromatic heterocycles. The van der Waals surface area contributed by atoms with Crippen molar-refractivity contribution in [3.05, 3.63) is 63.7 Å². The zero-order chi connectivity index (χ0) is 19.7. The minimum atomic E-state index is -0.611. The minimum absolute atomic E-state index is 0.230. The molecular weight excluding hydrogens is 348 g/mol. The van der Waals surface area contributed by atoms with Crippen molar-refractivity contribution in [2.24, 2.45) is 0 Å². The first-order valence-electron chi connectivity index (χ1n) is 10.4. The molecule has 0 saturated heterocycles. The standard InChI is InChI=1S/C24H30N2O2/c1-3-15-10-17-12-19(13-18(17)11-16(15)4-2)26-14-23(28)20-7-8-22(27)24-21(20)6-5-9-25-24/h5-8,10-11,19,23,25-28H,3-4,9,12-14H2,1-2H3/t23-/m0/s1. The number of aryl methyl sites for hydroxylation is 2. The van der Waals surface area contributed by atoms with Crippen molar-refractivity contribution < 1.29 is 10.2 Å². The lowest BCUT2D eigenvalue weighted by Gasteiger charge is -2.22. The number of phenols is 1. The van der Waals surface area contributed by atoms with Gasteiger partial charge in [-0.05, 0) is 59.6 Å². The number of aliphatic hydroxyl groups excluding tert-OH is 1. The monoisotopic (exact) mass is 378 g/mol. The number of phenolic OH excluding ortho intramolecular Hbond substituents is 1. The Balaban J connectivity index is 1.44. The van der Waals surface area contributed by atoms with Gasteiger partial charge in [0.05, 0.1) is 11.8 Å². The first-order chi connectivity index (χ1) is 13.6. The summed E-state index contributed by atoms with van der Waals surface area (Å²) in [6.45, 7) is 5.65. The molecule has 2 aliphatic rings. The highest BCUT2D eigenvalue weighted by Gasteiger charge is 2.24. The highest BCUT2D eigenvalue weighted by atomic mass is 16.3. The average Bonchev–Trinajstić information content (AvgIpc) is 3.13. The first kappa shape index (κ1) is 19.0. The molecule has 0 bridgehead atoms. The Morgan fingerprint density at radius 1 is 1.11 bits per heavy atom. The molecule has 28 heavy (non-hydrogen) atoms. The summed E-state index contributed by atoms with van der Waals surface area (Å²) in [5.41, 5.74) is 8.29. The van der Waals surface area contributed by atoms with E-state index in [9.17, 15) is 10.2 Å². The van der Waals surface area contributed by atoms with Crippen LogP contribution in [0.25, 0.3) is 6.08 Å². The molecule has 0 amide bonds. The second kappa shape index (κ2) is 7.98. The molecule has 1 aliphatic carbocycles. The predicted molar refractivity (Wildman–Crippen MR) is 115 cm³/mol. The number of aliphatic hydroxyl groups is 1. The molecule has 2 aromatic rings. The van der Waals surface area contributed by atoms with Crippen LogP contribution in [0.3, 0.4) is 0 Å². The lowest BCUT2D eigenvalue weighted by molar-refractivity contribution is 0.170. The van der Waals surface area contributed by atoms with Crippen LogP contribution in [0.5, 0.6) is 5.75 Å². The number of nitrogens with one attached hydrogen (secondary N) is 2. The summed E-state index contributed by atoms with van der Waals surface area (Å²) in [4.78, 5) is 0. The molecule has 4 heteroatoms. The molecule has 4 rings (SSSR count). The van der Waals surface area contributed by atoms with Crippen molar-refractivity contribution in [1.82, 2.24) is 5.32 Å². The largest absolute Gasteiger partial charge is 0.506 e. The highest BCUT2D eigenvalue weighted by molar-refractivity contribution is 5.77. The Morgan fingerprint density at radius 3 is 2.43 bits per heavy atom. The van der Waals surface area contributed by atoms with E-state index in [1.807, 2.05) is 18.2 Å². The van der Waals surface area contributed by atoms with Gasteiger partial charge >= 0.3 is 0 Å². The number of fused-ring (bicyclic) bond motifs is 2. The van der Waals surface area contributed by atoms with E-state index in [2.05, 4.69) is 36.6 Å². The van der Waals surface area contributed by atoms with Gasteiger partial charge in [-0.1, -0.05) is 44.2 Å². The van der Waals surface area contributed by atoms with Crippen LogP contribution in [0.4, 0.5) is 5.69 Å². The van der Waals surface area contributed by atoms with E-state index < -0.39 is 6.10 Å². The second-order valence-corrected chi connectivity index (χ2v) is 7.87. The third-order valence-electron chi connectivity index (χ3n) is 6.11. The van der Waals surface area contributed by atoms with Crippen LogP contribution in [-0.2, 0) is 25.7 Å². The Hall–Kier alpha value is -2.30. The Labute approximate surface area is 167 Å². The highest BCUT2D eigenvalue weighted by Crippen LogP contribution is 2.36. The maximum atomic E-state index is 10.8. The zero-order valence-corrected chi connectivity index (χ0v) is 16.8. The van der Waals surface area contributed by atoms with Gasteiger partial charge in [-0.25, -0.2) is 0 Å². The van der Waals surface area contributed by atoms with Crippen molar-refractivity contribution in [3.8, 4) is 5.75 Å². The van der Waals surface area contributed by atoms with Gasteiger partial charge in [-0.2, -0.15) is 0 Å². The van der Waals surface area contributed by atoms with E-state index in [4.69, 9.17) is 0 Å². The topological polar surface area (TPSA) is 64.5 Å². The fraction of sp³-hybridized carbons (Fsp3) is 0.417. The fourth-order valence-electron chi connectivity index (χ4n) is 4.58. The summed E-state index contributed by atoms with van der Waals surface area (Å²) in [6, 6.07) is 8.62. The fourth-order valence-corrected chi connectivity index (χ4v) is 4.58. The van der Waals surface area contributed by atoms with Crippen LogP contribution >= 0.6 is 0 Å². The van der Waals surface area contributed by atoms with Crippen molar-refractivity contribution >= 4 is 11.8 Å². The van der Waals surface area contributed by atoms with E-state index in [0.717, 1.165) is 36.8 Å². The minimum Gasteiger partial charge on any atom is -0.506 e. The molecule has 0 unspecified atom stereocenters. The quantitative estimate of drug-likeness (QED) is 0.578. The van der Waals surface area contributed by atoms with Crippen LogP contribution in [0, 0.1) is 0 Å². The van der Waals surface area contributed by atoms with E-state index in [1.165, 1.54) is 22.3 Å². The molecule has 0 fully saturated rings. The summed E-state index contributed by atoms with van der Waals surface area (Å²) >= 11 is 0. The molecule has 0 spiro atoms. The van der Waals surface area contributed by atoms with Crippen molar-refractivity contribution in [2.45, 2.75) is 51.7 Å². The molecule has 4 nitrogen and oxygen atoms in total. The third-order valence-corrected chi connectivity index (χ3v) is 6.11. The molecule has 2 aromatic carbocycles. The molecule has 148 valence electrons. The van der Waals surface area contributed by atoms with Crippen molar-refractivity contribution in [3.63, 3.8) is 0 Å². The van der Waals surface area contributed by atoms with Crippen LogP contribution in [0.2, 0.25) is 0 Å². The maximum absolute atomic E-state index is 10.8. The average molecular weight is 379 g/mol. The van der Waals surface area contributed by atoms with Gasteiger partial charge in [0.1, 0.15) is 5.75 Å². The summed E-state index contributed by atoms with van der Waals surface area (Å²) in [5.74, 6) is 0.230. The smallest absolute Gasteiger partial charge is 0.139 e. The van der Waals surface area contributed by atoms with E-state index in [-0.39, 0.29) is 5.75 Å². The van der Waals surface area contributed by atoms with E-state index in [1.54, 1.807) is 6.07 Å². The van der Waals surface area contributed by atoms with Gasteiger partial charge in [0.2, 0.25) is 0 Å². The predicted octanol–water partition coefficient (Wildman–Crippen LogP) is 3.75. The Morgan fingerprint density at radius 2 is 1.79 bits per heavy atom. The first-order valence-corrected chi connectivity index (χ1v) is 10.4. The zero-order valence-electron chi connectivity index (χ0n) is 16.8. The SMILES string of the molecule is CCc1cc2c(cc1CC)CC(NC[C@H](O)c1ccc(O)c3c1C=CCN3)C2. The number of hydrogen-bond acceptors (Lipinski definition) is 4. The summed E-state index contributed by atoms with van der Waals surface area (Å²) in [7, 11) is 0. The van der Waals surface area contributed by atoms with Gasteiger partial charge in [0.15, 0.2) is 0 Å². The van der Waals surface area contributed by atoms with Crippen LogP contribution < -0.4 is 10.6 Å². The van der Waals surface area contributed by atoms with E-state index in [0.29, 0.717) is 24.8 Å².